The third-order valence-electron chi connectivity index (χ3n) is 4.35. The quantitative estimate of drug-likeness (QED) is 0.590. The van der Waals surface area contributed by atoms with Gasteiger partial charge in [-0.2, -0.15) is 0 Å². The van der Waals surface area contributed by atoms with Crippen LogP contribution < -0.4 is 5.32 Å². The second kappa shape index (κ2) is 9.50. The number of fused-ring (bicyclic) bond motifs is 1. The summed E-state index contributed by atoms with van der Waals surface area (Å²) < 4.78 is 4.95. The van der Waals surface area contributed by atoms with E-state index in [1.807, 2.05) is 48.7 Å². The maximum Gasteiger partial charge on any atom is 0.306 e. The van der Waals surface area contributed by atoms with Gasteiger partial charge in [0.15, 0.2) is 6.61 Å². The Bertz CT molecular complexity index is 963. The van der Waals surface area contributed by atoms with Crippen LogP contribution >= 0.6 is 0 Å². The number of hydrogen-bond acceptors (Lipinski definition) is 4. The normalized spacial score (nSPS) is 10.6. The molecule has 3 rings (SSSR count). The van der Waals surface area contributed by atoms with Crippen LogP contribution in [0.15, 0.2) is 60.8 Å². The number of amides is 2. The number of benzene rings is 2. The molecule has 2 aromatic carbocycles. The highest BCUT2D eigenvalue weighted by atomic mass is 16.5. The number of esters is 1. The van der Waals surface area contributed by atoms with E-state index in [9.17, 15) is 14.4 Å². The van der Waals surface area contributed by atoms with Gasteiger partial charge in [-0.3, -0.25) is 19.7 Å². The fraction of sp³-hybridized carbons (Fsp3) is 0.227. The van der Waals surface area contributed by atoms with Gasteiger partial charge >= 0.3 is 5.97 Å². The van der Waals surface area contributed by atoms with Gasteiger partial charge in [-0.1, -0.05) is 48.5 Å². The van der Waals surface area contributed by atoms with Gasteiger partial charge < -0.3 is 9.72 Å². The maximum absolute atomic E-state index is 11.8. The number of ether oxygens (including phenoxy) is 1. The highest BCUT2D eigenvalue weighted by Crippen LogP contribution is 2.19. The van der Waals surface area contributed by atoms with Crippen molar-refractivity contribution < 1.29 is 19.1 Å². The van der Waals surface area contributed by atoms with E-state index < -0.39 is 24.4 Å². The van der Waals surface area contributed by atoms with E-state index >= 15 is 0 Å². The fourth-order valence-corrected chi connectivity index (χ4v) is 3.00. The van der Waals surface area contributed by atoms with E-state index in [1.54, 1.807) is 12.1 Å². The lowest BCUT2D eigenvalue weighted by molar-refractivity contribution is -0.149. The van der Waals surface area contributed by atoms with E-state index in [0.717, 1.165) is 28.5 Å². The lowest BCUT2D eigenvalue weighted by Crippen LogP contribution is -2.35. The molecule has 1 heterocycles. The number of aromatic nitrogens is 1. The number of carbonyl (C=O) groups is 3. The molecule has 0 bridgehead atoms. The van der Waals surface area contributed by atoms with Crippen molar-refractivity contribution in [2.75, 3.05) is 6.61 Å². The van der Waals surface area contributed by atoms with Crippen molar-refractivity contribution >= 4 is 28.7 Å². The molecule has 28 heavy (non-hydrogen) atoms. The van der Waals surface area contributed by atoms with Crippen molar-refractivity contribution in [2.24, 2.45) is 0 Å². The molecule has 0 saturated heterocycles. The van der Waals surface area contributed by atoms with Gasteiger partial charge in [0.1, 0.15) is 0 Å². The largest absolute Gasteiger partial charge is 0.456 e. The van der Waals surface area contributed by atoms with Gasteiger partial charge in [0.2, 0.25) is 5.91 Å². The van der Waals surface area contributed by atoms with E-state index in [-0.39, 0.29) is 12.8 Å². The Kier molecular flexibility index (Phi) is 6.57. The van der Waals surface area contributed by atoms with Crippen molar-refractivity contribution in [3.05, 3.63) is 71.9 Å². The predicted octanol–water partition coefficient (Wildman–Crippen LogP) is 2.92. The Hall–Kier alpha value is -3.41. The molecule has 0 spiro atoms. The number of carbonyl (C=O) groups excluding carboxylic acids is 3. The molecule has 0 atom stereocenters. The monoisotopic (exact) mass is 378 g/mol. The van der Waals surface area contributed by atoms with Crippen molar-refractivity contribution in [1.29, 1.82) is 0 Å². The van der Waals surface area contributed by atoms with Gasteiger partial charge in [0.25, 0.3) is 5.91 Å². The second-order valence-electron chi connectivity index (χ2n) is 6.51. The Morgan fingerprint density at radius 3 is 2.50 bits per heavy atom. The van der Waals surface area contributed by atoms with Crippen LogP contribution in [0.1, 0.15) is 24.0 Å². The smallest absolute Gasteiger partial charge is 0.306 e. The standard InChI is InChI=1S/C22H22N2O4/c25-20(13-16-7-2-1-3-8-16)24-21(26)15-28-22(27)12-6-9-17-14-23-19-11-5-4-10-18(17)19/h1-5,7-8,10-11,14,23H,6,9,12-13,15H2,(H,24,25,26). The van der Waals surface area contributed by atoms with Crippen molar-refractivity contribution in [2.45, 2.75) is 25.7 Å². The van der Waals surface area contributed by atoms with E-state index in [2.05, 4.69) is 10.3 Å². The number of aromatic amines is 1. The molecule has 0 aliphatic heterocycles. The van der Waals surface area contributed by atoms with E-state index in [0.29, 0.717) is 6.42 Å². The topological polar surface area (TPSA) is 88.3 Å². The minimum absolute atomic E-state index is 0.102. The lowest BCUT2D eigenvalue weighted by atomic mass is 10.1. The van der Waals surface area contributed by atoms with Crippen LogP contribution in [0.25, 0.3) is 10.9 Å². The Morgan fingerprint density at radius 2 is 1.68 bits per heavy atom. The fourth-order valence-electron chi connectivity index (χ4n) is 3.00. The third-order valence-corrected chi connectivity index (χ3v) is 4.35. The molecular weight excluding hydrogens is 356 g/mol. The maximum atomic E-state index is 11.8. The molecule has 144 valence electrons. The minimum Gasteiger partial charge on any atom is -0.456 e. The highest BCUT2D eigenvalue weighted by molar-refractivity contribution is 5.97. The Balaban J connectivity index is 1.34. The minimum atomic E-state index is -0.620. The Labute approximate surface area is 162 Å². The van der Waals surface area contributed by atoms with Gasteiger partial charge in [0.05, 0.1) is 6.42 Å². The van der Waals surface area contributed by atoms with Crippen LogP contribution in [0.5, 0.6) is 0 Å². The first-order chi connectivity index (χ1) is 13.6. The molecule has 2 amide bonds. The molecule has 2 N–H and O–H groups in total. The summed E-state index contributed by atoms with van der Waals surface area (Å²) in [6.07, 6.45) is 3.62. The summed E-state index contributed by atoms with van der Waals surface area (Å²) in [5.41, 5.74) is 3.02. The van der Waals surface area contributed by atoms with Gasteiger partial charge in [-0.25, -0.2) is 0 Å². The lowest BCUT2D eigenvalue weighted by Gasteiger charge is -2.06. The van der Waals surface area contributed by atoms with Crippen LogP contribution in [-0.2, 0) is 32.0 Å². The molecule has 6 nitrogen and oxygen atoms in total. The SMILES string of the molecule is O=C(COC(=O)CCCc1c[nH]c2ccccc12)NC(=O)Cc1ccccc1. The summed E-state index contributed by atoms with van der Waals surface area (Å²) in [5.74, 6) is -1.50. The number of para-hydroxylation sites is 1. The molecule has 1 aromatic heterocycles. The van der Waals surface area contributed by atoms with Crippen molar-refractivity contribution in [1.82, 2.24) is 10.3 Å². The zero-order valence-electron chi connectivity index (χ0n) is 15.4. The van der Waals surface area contributed by atoms with Gasteiger partial charge in [-0.05, 0) is 30.0 Å². The average molecular weight is 378 g/mol. The summed E-state index contributed by atoms with van der Waals surface area (Å²) in [4.78, 5) is 38.6. The molecule has 0 aliphatic carbocycles. The predicted molar refractivity (Wildman–Crippen MR) is 105 cm³/mol. The zero-order chi connectivity index (χ0) is 19.8. The molecule has 0 fully saturated rings. The molecule has 0 aliphatic rings. The molecule has 6 heteroatoms. The van der Waals surface area contributed by atoms with E-state index in [1.165, 1.54) is 0 Å². The van der Waals surface area contributed by atoms with E-state index in [4.69, 9.17) is 4.74 Å². The number of imide groups is 1. The van der Waals surface area contributed by atoms with Crippen LogP contribution in [0, 0.1) is 0 Å². The molecule has 0 unspecified atom stereocenters. The van der Waals surface area contributed by atoms with Crippen molar-refractivity contribution in [3.63, 3.8) is 0 Å². The third kappa shape index (κ3) is 5.54. The first-order valence-corrected chi connectivity index (χ1v) is 9.19. The molecule has 3 aromatic rings. The number of aryl methyl sites for hydroxylation is 1. The van der Waals surface area contributed by atoms with Gasteiger partial charge in [0, 0.05) is 23.5 Å². The number of nitrogens with one attached hydrogen (secondary N) is 2. The first kappa shape index (κ1) is 19.4. The van der Waals surface area contributed by atoms with Crippen LogP contribution in [0.4, 0.5) is 0 Å². The number of H-pyrrole nitrogens is 1. The zero-order valence-corrected chi connectivity index (χ0v) is 15.4. The summed E-state index contributed by atoms with van der Waals surface area (Å²) in [5, 5.41) is 3.37. The summed E-state index contributed by atoms with van der Waals surface area (Å²) >= 11 is 0. The Morgan fingerprint density at radius 1 is 0.929 bits per heavy atom. The summed E-state index contributed by atoms with van der Waals surface area (Å²) in [6.45, 7) is -0.452. The molecular formula is C22H22N2O4. The van der Waals surface area contributed by atoms with Gasteiger partial charge in [-0.15, -0.1) is 0 Å². The van der Waals surface area contributed by atoms with Crippen molar-refractivity contribution in [3.8, 4) is 0 Å². The molecule has 0 saturated carbocycles. The van der Waals surface area contributed by atoms with Crippen LogP contribution in [-0.4, -0.2) is 29.4 Å². The van der Waals surface area contributed by atoms with Crippen LogP contribution in [0.2, 0.25) is 0 Å². The second-order valence-corrected chi connectivity index (χ2v) is 6.51. The number of hydrogen-bond donors (Lipinski definition) is 2. The molecule has 0 radical (unpaired) electrons. The summed E-state index contributed by atoms with van der Waals surface area (Å²) in [6, 6.07) is 17.1. The summed E-state index contributed by atoms with van der Waals surface area (Å²) in [7, 11) is 0. The van der Waals surface area contributed by atoms with Crippen LogP contribution in [0.3, 0.4) is 0 Å². The first-order valence-electron chi connectivity index (χ1n) is 9.19. The number of rotatable bonds is 8. The highest BCUT2D eigenvalue weighted by Gasteiger charge is 2.12. The average Bonchev–Trinajstić information content (AvgIpc) is 3.10.